The highest BCUT2D eigenvalue weighted by molar-refractivity contribution is 5.68. The van der Waals surface area contributed by atoms with E-state index in [2.05, 4.69) is 6.58 Å². The number of carboxylic acids is 1. The zero-order chi connectivity index (χ0) is 13.4. The van der Waals surface area contributed by atoms with Gasteiger partial charge in [0.2, 0.25) is 0 Å². The van der Waals surface area contributed by atoms with E-state index in [9.17, 15) is 9.59 Å². The molecule has 5 heteroatoms. The molecule has 1 unspecified atom stereocenters. The van der Waals surface area contributed by atoms with Crippen LogP contribution in [-0.2, 0) is 9.53 Å². The molecule has 0 radical (unpaired) electrons. The zero-order valence-corrected chi connectivity index (χ0v) is 10.6. The maximum absolute atomic E-state index is 11.7. The van der Waals surface area contributed by atoms with Gasteiger partial charge in [-0.05, 0) is 25.2 Å². The van der Waals surface area contributed by atoms with Crippen LogP contribution in [0, 0.1) is 5.92 Å². The van der Waals surface area contributed by atoms with Crippen LogP contribution in [0.15, 0.2) is 12.7 Å². The number of ether oxygens (including phenoxy) is 1. The van der Waals surface area contributed by atoms with Crippen LogP contribution in [0.1, 0.15) is 32.1 Å². The van der Waals surface area contributed by atoms with Crippen molar-refractivity contribution in [1.29, 1.82) is 0 Å². The summed E-state index contributed by atoms with van der Waals surface area (Å²) in [6.07, 6.45) is 4.93. The molecule has 1 atom stereocenters. The van der Waals surface area contributed by atoms with Crippen molar-refractivity contribution in [3.8, 4) is 0 Å². The largest absolute Gasteiger partial charge is 0.481 e. The van der Waals surface area contributed by atoms with E-state index in [-0.39, 0.29) is 25.0 Å². The van der Waals surface area contributed by atoms with Gasteiger partial charge in [0, 0.05) is 19.5 Å². The second-order valence-corrected chi connectivity index (χ2v) is 4.60. The van der Waals surface area contributed by atoms with Gasteiger partial charge in [0.05, 0.1) is 0 Å². The molecule has 0 bridgehead atoms. The molecular weight excluding hydrogens is 234 g/mol. The standard InChI is InChI=1S/C13H21NO4/c1-2-9-18-13(17)14-7-4-3-5-11(6-8-14)10-12(15)16/h2,11H,1,3-10H2,(H,15,16). The molecule has 0 aromatic heterocycles. The van der Waals surface area contributed by atoms with Gasteiger partial charge in [-0.2, -0.15) is 0 Å². The van der Waals surface area contributed by atoms with E-state index in [1.165, 1.54) is 6.08 Å². The summed E-state index contributed by atoms with van der Waals surface area (Å²) in [7, 11) is 0. The van der Waals surface area contributed by atoms with Crippen molar-refractivity contribution in [3.05, 3.63) is 12.7 Å². The average molecular weight is 255 g/mol. The third kappa shape index (κ3) is 5.21. The minimum Gasteiger partial charge on any atom is -0.481 e. The lowest BCUT2D eigenvalue weighted by molar-refractivity contribution is -0.138. The second-order valence-electron chi connectivity index (χ2n) is 4.60. The van der Waals surface area contributed by atoms with E-state index in [0.717, 1.165) is 25.7 Å². The lowest BCUT2D eigenvalue weighted by atomic mass is 9.93. The lowest BCUT2D eigenvalue weighted by Gasteiger charge is -2.27. The van der Waals surface area contributed by atoms with Crippen LogP contribution in [0.5, 0.6) is 0 Å². The Morgan fingerprint density at radius 2 is 2.11 bits per heavy atom. The maximum atomic E-state index is 11.7. The van der Waals surface area contributed by atoms with Gasteiger partial charge in [-0.25, -0.2) is 4.79 Å². The van der Waals surface area contributed by atoms with Crippen LogP contribution in [0.2, 0.25) is 0 Å². The van der Waals surface area contributed by atoms with Gasteiger partial charge in [0.1, 0.15) is 6.61 Å². The Morgan fingerprint density at radius 1 is 1.33 bits per heavy atom. The topological polar surface area (TPSA) is 66.8 Å². The third-order valence-electron chi connectivity index (χ3n) is 3.14. The summed E-state index contributed by atoms with van der Waals surface area (Å²) in [5.74, 6) is -0.598. The van der Waals surface area contributed by atoms with Gasteiger partial charge in [0.25, 0.3) is 0 Å². The smallest absolute Gasteiger partial charge is 0.410 e. The predicted molar refractivity (Wildman–Crippen MR) is 67.3 cm³/mol. The molecule has 0 aromatic carbocycles. The summed E-state index contributed by atoms with van der Waals surface area (Å²) >= 11 is 0. The van der Waals surface area contributed by atoms with Gasteiger partial charge in [0.15, 0.2) is 0 Å². The quantitative estimate of drug-likeness (QED) is 0.782. The molecule has 1 rings (SSSR count). The Kier molecular flexibility index (Phi) is 6.25. The van der Waals surface area contributed by atoms with E-state index in [0.29, 0.717) is 13.1 Å². The Morgan fingerprint density at radius 3 is 2.78 bits per heavy atom. The van der Waals surface area contributed by atoms with Crippen molar-refractivity contribution in [2.45, 2.75) is 32.1 Å². The van der Waals surface area contributed by atoms with Crippen LogP contribution >= 0.6 is 0 Å². The Balaban J connectivity index is 2.44. The maximum Gasteiger partial charge on any atom is 0.410 e. The number of carbonyl (C=O) groups excluding carboxylic acids is 1. The van der Waals surface area contributed by atoms with Gasteiger partial charge >= 0.3 is 12.1 Å². The third-order valence-corrected chi connectivity index (χ3v) is 3.14. The summed E-state index contributed by atoms with van der Waals surface area (Å²) in [4.78, 5) is 24.1. The molecule has 1 heterocycles. The van der Waals surface area contributed by atoms with E-state index >= 15 is 0 Å². The first kappa shape index (κ1) is 14.5. The van der Waals surface area contributed by atoms with Crippen LogP contribution in [0.3, 0.4) is 0 Å². The first-order valence-corrected chi connectivity index (χ1v) is 6.38. The Bertz CT molecular complexity index is 303. The molecule has 0 spiro atoms. The molecule has 1 aliphatic rings. The fraction of sp³-hybridized carbons (Fsp3) is 0.692. The van der Waals surface area contributed by atoms with Crippen molar-refractivity contribution in [1.82, 2.24) is 4.90 Å². The predicted octanol–water partition coefficient (Wildman–Crippen LogP) is 2.28. The summed E-state index contributed by atoms with van der Waals surface area (Å²) in [5, 5.41) is 8.80. The molecule has 5 nitrogen and oxygen atoms in total. The summed E-state index contributed by atoms with van der Waals surface area (Å²) in [6.45, 7) is 4.98. The van der Waals surface area contributed by atoms with E-state index < -0.39 is 5.97 Å². The highest BCUT2D eigenvalue weighted by Crippen LogP contribution is 2.21. The number of rotatable bonds is 4. The number of hydrogen-bond acceptors (Lipinski definition) is 3. The molecule has 18 heavy (non-hydrogen) atoms. The van der Waals surface area contributed by atoms with E-state index in [1.54, 1.807) is 4.90 Å². The minimum atomic E-state index is -0.763. The first-order chi connectivity index (χ1) is 8.63. The fourth-order valence-electron chi connectivity index (χ4n) is 2.19. The van der Waals surface area contributed by atoms with Crippen molar-refractivity contribution in [2.75, 3.05) is 19.7 Å². The SMILES string of the molecule is C=CCOC(=O)N1CCCCC(CC(=O)O)CC1. The summed E-state index contributed by atoms with van der Waals surface area (Å²) < 4.78 is 5.00. The second kappa shape index (κ2) is 7.74. The molecule has 1 N–H and O–H groups in total. The number of aliphatic carboxylic acids is 1. The van der Waals surface area contributed by atoms with E-state index in [4.69, 9.17) is 9.84 Å². The minimum absolute atomic E-state index is 0.164. The van der Waals surface area contributed by atoms with Gasteiger partial charge in [-0.3, -0.25) is 4.79 Å². The molecule has 0 aromatic rings. The highest BCUT2D eigenvalue weighted by Gasteiger charge is 2.21. The fourth-order valence-corrected chi connectivity index (χ4v) is 2.19. The highest BCUT2D eigenvalue weighted by atomic mass is 16.6. The average Bonchev–Trinajstić information content (AvgIpc) is 2.29. The van der Waals surface area contributed by atoms with Crippen LogP contribution in [-0.4, -0.2) is 41.8 Å². The molecule has 1 fully saturated rings. The molecule has 1 aliphatic heterocycles. The normalized spacial score (nSPS) is 20.7. The van der Waals surface area contributed by atoms with Crippen molar-refractivity contribution >= 4 is 12.1 Å². The summed E-state index contributed by atoms with van der Waals surface area (Å²) in [6, 6.07) is 0. The van der Waals surface area contributed by atoms with E-state index in [1.807, 2.05) is 0 Å². The van der Waals surface area contributed by atoms with Crippen LogP contribution in [0.4, 0.5) is 4.79 Å². The first-order valence-electron chi connectivity index (χ1n) is 6.38. The summed E-state index contributed by atoms with van der Waals surface area (Å²) in [5.41, 5.74) is 0. The number of amides is 1. The van der Waals surface area contributed by atoms with Crippen LogP contribution < -0.4 is 0 Å². The Hall–Kier alpha value is -1.52. The molecule has 0 saturated carbocycles. The van der Waals surface area contributed by atoms with Gasteiger partial charge < -0.3 is 14.7 Å². The number of likely N-dealkylation sites (tertiary alicyclic amines) is 1. The number of carbonyl (C=O) groups is 2. The molecule has 1 amide bonds. The van der Waals surface area contributed by atoms with Gasteiger partial charge in [-0.1, -0.05) is 19.1 Å². The zero-order valence-electron chi connectivity index (χ0n) is 10.6. The van der Waals surface area contributed by atoms with Crippen LogP contribution in [0.25, 0.3) is 0 Å². The lowest BCUT2D eigenvalue weighted by Crippen LogP contribution is -2.35. The monoisotopic (exact) mass is 255 g/mol. The number of hydrogen-bond donors (Lipinski definition) is 1. The Labute approximate surface area is 107 Å². The van der Waals surface area contributed by atoms with Crippen molar-refractivity contribution in [3.63, 3.8) is 0 Å². The number of nitrogens with zero attached hydrogens (tertiary/aromatic N) is 1. The van der Waals surface area contributed by atoms with Crippen molar-refractivity contribution in [2.24, 2.45) is 5.92 Å². The molecule has 0 aliphatic carbocycles. The molecule has 102 valence electrons. The molecule has 1 saturated heterocycles. The number of carboxylic acid groups (broad SMARTS) is 1. The van der Waals surface area contributed by atoms with Gasteiger partial charge in [-0.15, -0.1) is 0 Å². The van der Waals surface area contributed by atoms with Crippen molar-refractivity contribution < 1.29 is 19.4 Å². The molecular formula is C13H21NO4.